The van der Waals surface area contributed by atoms with Gasteiger partial charge >= 0.3 is 0 Å². The third kappa shape index (κ3) is 6.99. The molecular weight excluding hydrogens is 348 g/mol. The summed E-state index contributed by atoms with van der Waals surface area (Å²) in [4.78, 5) is 0. The van der Waals surface area contributed by atoms with E-state index in [4.69, 9.17) is 0 Å². The fraction of sp³-hybridized carbons (Fsp3) is 0.500. The maximum atomic E-state index is 3.74. The fourth-order valence-corrected chi connectivity index (χ4v) is 4.23. The molecule has 2 aromatic rings. The van der Waals surface area contributed by atoms with Crippen molar-refractivity contribution in [2.24, 2.45) is 5.92 Å². The minimum absolute atomic E-state index is 0. The van der Waals surface area contributed by atoms with Crippen molar-refractivity contribution >= 4 is 13.5 Å². The Labute approximate surface area is 172 Å². The maximum absolute atomic E-state index is 3.74. The Hall–Kier alpha value is -1.29. The number of benzene rings is 2. The van der Waals surface area contributed by atoms with Gasteiger partial charge in [0.15, 0.2) is 0 Å². The van der Waals surface area contributed by atoms with E-state index in [1.165, 1.54) is 43.2 Å². The van der Waals surface area contributed by atoms with E-state index in [0.29, 0.717) is 12.0 Å². The zero-order chi connectivity index (χ0) is 18.0. The van der Waals surface area contributed by atoms with Gasteiger partial charge in [-0.05, 0) is 36.8 Å². The Balaban J connectivity index is 0.00000261. The van der Waals surface area contributed by atoms with Crippen molar-refractivity contribution in [2.75, 3.05) is 19.6 Å². The van der Waals surface area contributed by atoms with E-state index in [2.05, 4.69) is 78.2 Å². The SMILES string of the molecule is C[C@H](NCCNCC(c1ccccc1)c1ccccc1)C1CCCCC1.S. The molecule has 1 aliphatic carbocycles. The predicted octanol–water partition coefficient (Wildman–Crippen LogP) is 5.08. The van der Waals surface area contributed by atoms with Gasteiger partial charge in [0.05, 0.1) is 0 Å². The van der Waals surface area contributed by atoms with Crippen LogP contribution in [0.25, 0.3) is 0 Å². The summed E-state index contributed by atoms with van der Waals surface area (Å²) in [6, 6.07) is 22.3. The minimum Gasteiger partial charge on any atom is -0.315 e. The van der Waals surface area contributed by atoms with Gasteiger partial charge in [-0.3, -0.25) is 0 Å². The highest BCUT2D eigenvalue weighted by atomic mass is 32.1. The zero-order valence-electron chi connectivity index (χ0n) is 16.7. The lowest BCUT2D eigenvalue weighted by Crippen LogP contribution is -2.39. The van der Waals surface area contributed by atoms with Crippen LogP contribution in [-0.4, -0.2) is 25.7 Å². The number of nitrogens with one attached hydrogen (secondary N) is 2. The standard InChI is InChI=1S/C24H34N2.H2S/c1-20(21-11-5-2-6-12-21)26-18-17-25-19-24(22-13-7-3-8-14-22)23-15-9-4-10-16-23;/h3-4,7-10,13-16,20-21,24-26H,2,5-6,11-12,17-19H2,1H3;1H2/t20-;/m0./s1. The van der Waals surface area contributed by atoms with Crippen LogP contribution in [0.4, 0.5) is 0 Å². The quantitative estimate of drug-likeness (QED) is 0.589. The summed E-state index contributed by atoms with van der Waals surface area (Å²) in [6.45, 7) is 5.42. The lowest BCUT2D eigenvalue weighted by molar-refractivity contribution is 0.282. The molecule has 1 saturated carbocycles. The van der Waals surface area contributed by atoms with Crippen LogP contribution in [0.5, 0.6) is 0 Å². The molecule has 2 aromatic carbocycles. The van der Waals surface area contributed by atoms with Gasteiger partial charge in [0.1, 0.15) is 0 Å². The minimum atomic E-state index is 0. The largest absolute Gasteiger partial charge is 0.315 e. The van der Waals surface area contributed by atoms with Gasteiger partial charge in [0.2, 0.25) is 0 Å². The molecule has 0 radical (unpaired) electrons. The summed E-state index contributed by atoms with van der Waals surface area (Å²) in [7, 11) is 0. The van der Waals surface area contributed by atoms with Crippen LogP contribution in [0.3, 0.4) is 0 Å². The lowest BCUT2D eigenvalue weighted by atomic mass is 9.84. The van der Waals surface area contributed by atoms with E-state index in [1.807, 2.05) is 0 Å². The highest BCUT2D eigenvalue weighted by Crippen LogP contribution is 2.26. The van der Waals surface area contributed by atoms with E-state index < -0.39 is 0 Å². The van der Waals surface area contributed by atoms with Crippen molar-refractivity contribution in [3.05, 3.63) is 71.8 Å². The molecule has 3 rings (SSSR count). The maximum Gasteiger partial charge on any atom is 0.0214 e. The van der Waals surface area contributed by atoms with Crippen LogP contribution in [0.1, 0.15) is 56.1 Å². The van der Waals surface area contributed by atoms with E-state index in [0.717, 1.165) is 25.6 Å². The second-order valence-electron chi connectivity index (χ2n) is 7.72. The van der Waals surface area contributed by atoms with Gasteiger partial charge < -0.3 is 10.6 Å². The second kappa shape index (κ2) is 12.2. The average molecular weight is 385 g/mol. The Morgan fingerprint density at radius 2 is 1.37 bits per heavy atom. The van der Waals surface area contributed by atoms with E-state index in [9.17, 15) is 0 Å². The molecule has 1 aliphatic rings. The van der Waals surface area contributed by atoms with Gasteiger partial charge in [-0.15, -0.1) is 0 Å². The molecule has 27 heavy (non-hydrogen) atoms. The number of hydrogen-bond donors (Lipinski definition) is 2. The molecule has 0 unspecified atom stereocenters. The topological polar surface area (TPSA) is 24.1 Å². The van der Waals surface area contributed by atoms with Crippen LogP contribution in [0.2, 0.25) is 0 Å². The third-order valence-electron chi connectivity index (χ3n) is 5.88. The van der Waals surface area contributed by atoms with Crippen LogP contribution in [0.15, 0.2) is 60.7 Å². The molecule has 0 amide bonds. The monoisotopic (exact) mass is 384 g/mol. The molecular formula is C24H36N2S. The molecule has 0 aromatic heterocycles. The molecule has 2 N–H and O–H groups in total. The summed E-state index contributed by atoms with van der Waals surface area (Å²) in [6.07, 6.45) is 7.10. The number of rotatable bonds is 9. The van der Waals surface area contributed by atoms with Crippen molar-refractivity contribution in [1.29, 1.82) is 0 Å². The Morgan fingerprint density at radius 3 is 1.93 bits per heavy atom. The summed E-state index contributed by atoms with van der Waals surface area (Å²) < 4.78 is 0. The number of hydrogen-bond acceptors (Lipinski definition) is 2. The van der Waals surface area contributed by atoms with Crippen molar-refractivity contribution in [3.8, 4) is 0 Å². The first-order valence-corrected chi connectivity index (χ1v) is 10.4. The van der Waals surface area contributed by atoms with E-state index in [-0.39, 0.29) is 13.5 Å². The molecule has 0 spiro atoms. The third-order valence-corrected chi connectivity index (χ3v) is 5.88. The van der Waals surface area contributed by atoms with Crippen molar-refractivity contribution in [1.82, 2.24) is 10.6 Å². The Kier molecular flexibility index (Phi) is 9.96. The lowest BCUT2D eigenvalue weighted by Gasteiger charge is -2.28. The predicted molar refractivity (Wildman–Crippen MR) is 122 cm³/mol. The first kappa shape index (κ1) is 22.0. The summed E-state index contributed by atoms with van der Waals surface area (Å²) >= 11 is 0. The molecule has 2 nitrogen and oxygen atoms in total. The molecule has 1 fully saturated rings. The zero-order valence-corrected chi connectivity index (χ0v) is 17.7. The Bertz CT molecular complexity index is 571. The molecule has 0 bridgehead atoms. The molecule has 0 aliphatic heterocycles. The van der Waals surface area contributed by atoms with Gasteiger partial charge in [0, 0.05) is 31.6 Å². The van der Waals surface area contributed by atoms with Crippen molar-refractivity contribution < 1.29 is 0 Å². The van der Waals surface area contributed by atoms with Gasteiger partial charge in [-0.1, -0.05) is 79.9 Å². The van der Waals surface area contributed by atoms with Gasteiger partial charge in [0.25, 0.3) is 0 Å². The summed E-state index contributed by atoms with van der Waals surface area (Å²) in [5, 5.41) is 7.42. The molecule has 148 valence electrons. The normalized spacial score (nSPS) is 16.1. The molecule has 0 heterocycles. The average Bonchev–Trinajstić information content (AvgIpc) is 2.72. The highest BCUT2D eigenvalue weighted by Gasteiger charge is 2.19. The van der Waals surface area contributed by atoms with Crippen LogP contribution < -0.4 is 10.6 Å². The fourth-order valence-electron chi connectivity index (χ4n) is 4.23. The van der Waals surface area contributed by atoms with Gasteiger partial charge in [-0.25, -0.2) is 0 Å². The molecule has 3 heteroatoms. The van der Waals surface area contributed by atoms with Crippen LogP contribution in [-0.2, 0) is 0 Å². The van der Waals surface area contributed by atoms with Crippen LogP contribution in [0, 0.1) is 5.92 Å². The molecule has 0 saturated heterocycles. The first-order valence-electron chi connectivity index (χ1n) is 10.4. The van der Waals surface area contributed by atoms with Gasteiger partial charge in [-0.2, -0.15) is 13.5 Å². The van der Waals surface area contributed by atoms with E-state index in [1.54, 1.807) is 0 Å². The first-order chi connectivity index (χ1) is 12.8. The van der Waals surface area contributed by atoms with Crippen LogP contribution >= 0.6 is 13.5 Å². The Morgan fingerprint density at radius 1 is 0.815 bits per heavy atom. The van der Waals surface area contributed by atoms with Crippen molar-refractivity contribution in [2.45, 2.75) is 51.0 Å². The molecule has 1 atom stereocenters. The highest BCUT2D eigenvalue weighted by molar-refractivity contribution is 7.59. The summed E-state index contributed by atoms with van der Waals surface area (Å²) in [5.41, 5.74) is 2.77. The van der Waals surface area contributed by atoms with E-state index >= 15 is 0 Å². The summed E-state index contributed by atoms with van der Waals surface area (Å²) in [5.74, 6) is 1.29. The smallest absolute Gasteiger partial charge is 0.0214 e. The van der Waals surface area contributed by atoms with Crippen molar-refractivity contribution in [3.63, 3.8) is 0 Å². The second-order valence-corrected chi connectivity index (χ2v) is 7.72.